The predicted molar refractivity (Wildman–Crippen MR) is 49.7 cm³/mol. The molecule has 0 unspecified atom stereocenters. The second kappa shape index (κ2) is 3.57. The number of nitrogen functional groups attached to an aromatic ring is 1. The first kappa shape index (κ1) is 9.73. The van der Waals surface area contributed by atoms with E-state index in [1.807, 2.05) is 0 Å². The monoisotopic (exact) mass is 201 g/mol. The number of anilines is 1. The van der Waals surface area contributed by atoms with Gasteiger partial charge in [-0.1, -0.05) is 18.5 Å². The minimum Gasteiger partial charge on any atom is -0.393 e. The normalized spacial score (nSPS) is 10.0. The van der Waals surface area contributed by atoms with E-state index in [0.717, 1.165) is 0 Å². The predicted octanol–water partition coefficient (Wildman–Crippen LogP) is 1.79. The van der Waals surface area contributed by atoms with Crippen molar-refractivity contribution in [1.82, 2.24) is 4.98 Å². The van der Waals surface area contributed by atoms with E-state index in [-0.39, 0.29) is 16.5 Å². The van der Waals surface area contributed by atoms with Gasteiger partial charge in [0, 0.05) is 6.07 Å². The third-order valence-corrected chi connectivity index (χ3v) is 1.77. The molecule has 0 amide bonds. The topological polar surface area (TPSA) is 82.0 Å². The third-order valence-electron chi connectivity index (χ3n) is 1.58. The molecule has 1 aromatic heterocycles. The van der Waals surface area contributed by atoms with Crippen LogP contribution in [0.4, 0.5) is 11.4 Å². The second-order valence-electron chi connectivity index (χ2n) is 2.44. The van der Waals surface area contributed by atoms with Gasteiger partial charge in [-0.05, 0) is 6.42 Å². The lowest BCUT2D eigenvalue weighted by atomic mass is 10.2. The van der Waals surface area contributed by atoms with E-state index in [0.29, 0.717) is 12.1 Å². The molecule has 1 aromatic rings. The first-order valence-corrected chi connectivity index (χ1v) is 4.03. The standard InChI is InChI=1S/C7H8ClN3O2/c1-2-5-7(11(12)13)4(9)3-6(8)10-5/h3H,2H2,1H3,(H2,9,10). The summed E-state index contributed by atoms with van der Waals surface area (Å²) in [7, 11) is 0. The number of nitro groups is 1. The summed E-state index contributed by atoms with van der Waals surface area (Å²) in [5.41, 5.74) is 5.66. The van der Waals surface area contributed by atoms with Gasteiger partial charge in [0.25, 0.3) is 0 Å². The van der Waals surface area contributed by atoms with Crippen molar-refractivity contribution in [2.24, 2.45) is 0 Å². The molecule has 0 aliphatic heterocycles. The number of rotatable bonds is 2. The van der Waals surface area contributed by atoms with Crippen molar-refractivity contribution in [2.45, 2.75) is 13.3 Å². The molecule has 2 N–H and O–H groups in total. The van der Waals surface area contributed by atoms with Crippen LogP contribution in [0.2, 0.25) is 5.15 Å². The van der Waals surface area contributed by atoms with E-state index >= 15 is 0 Å². The van der Waals surface area contributed by atoms with E-state index in [1.54, 1.807) is 6.92 Å². The van der Waals surface area contributed by atoms with Crippen molar-refractivity contribution in [3.63, 3.8) is 0 Å². The van der Waals surface area contributed by atoms with Crippen molar-refractivity contribution in [1.29, 1.82) is 0 Å². The fourth-order valence-corrected chi connectivity index (χ4v) is 1.25. The van der Waals surface area contributed by atoms with Crippen molar-refractivity contribution >= 4 is 23.0 Å². The van der Waals surface area contributed by atoms with Crippen LogP contribution in [-0.4, -0.2) is 9.91 Å². The van der Waals surface area contributed by atoms with Crippen molar-refractivity contribution in [2.75, 3.05) is 5.73 Å². The molecule has 5 nitrogen and oxygen atoms in total. The van der Waals surface area contributed by atoms with Gasteiger partial charge < -0.3 is 5.73 Å². The lowest BCUT2D eigenvalue weighted by Crippen LogP contribution is -2.02. The maximum absolute atomic E-state index is 10.6. The maximum atomic E-state index is 10.6. The quantitative estimate of drug-likeness (QED) is 0.449. The molecule has 0 atom stereocenters. The molecule has 13 heavy (non-hydrogen) atoms. The number of hydrogen-bond acceptors (Lipinski definition) is 4. The second-order valence-corrected chi connectivity index (χ2v) is 2.83. The van der Waals surface area contributed by atoms with Crippen LogP contribution in [0, 0.1) is 10.1 Å². The highest BCUT2D eigenvalue weighted by molar-refractivity contribution is 6.29. The number of aromatic nitrogens is 1. The van der Waals surface area contributed by atoms with Gasteiger partial charge in [0.05, 0.1) is 4.92 Å². The summed E-state index contributed by atoms with van der Waals surface area (Å²) in [5.74, 6) is 0. The van der Waals surface area contributed by atoms with Gasteiger partial charge in [-0.2, -0.15) is 0 Å². The molecule has 0 aromatic carbocycles. The van der Waals surface area contributed by atoms with Crippen LogP contribution >= 0.6 is 11.6 Å². The zero-order chi connectivity index (χ0) is 10.0. The third kappa shape index (κ3) is 1.86. The van der Waals surface area contributed by atoms with Gasteiger partial charge in [0.2, 0.25) is 0 Å². The largest absolute Gasteiger partial charge is 0.393 e. The summed E-state index contributed by atoms with van der Waals surface area (Å²) in [6.45, 7) is 1.76. The van der Waals surface area contributed by atoms with Crippen LogP contribution in [-0.2, 0) is 6.42 Å². The average molecular weight is 202 g/mol. The number of hydrogen-bond donors (Lipinski definition) is 1. The highest BCUT2D eigenvalue weighted by atomic mass is 35.5. The molecule has 0 aliphatic rings. The Kier molecular flexibility index (Phi) is 2.67. The van der Waals surface area contributed by atoms with E-state index in [4.69, 9.17) is 17.3 Å². The van der Waals surface area contributed by atoms with Gasteiger partial charge in [0.1, 0.15) is 16.5 Å². The number of aryl methyl sites for hydroxylation is 1. The maximum Gasteiger partial charge on any atom is 0.313 e. The molecule has 1 rings (SSSR count). The highest BCUT2D eigenvalue weighted by Gasteiger charge is 2.18. The van der Waals surface area contributed by atoms with E-state index in [9.17, 15) is 10.1 Å². The Bertz CT molecular complexity index is 354. The molecular formula is C7H8ClN3O2. The minimum absolute atomic E-state index is 0.0573. The van der Waals surface area contributed by atoms with Crippen LogP contribution in [0.5, 0.6) is 0 Å². The molecule has 6 heteroatoms. The summed E-state index contributed by atoms with van der Waals surface area (Å²) >= 11 is 5.59. The molecule has 0 saturated carbocycles. The smallest absolute Gasteiger partial charge is 0.313 e. The van der Waals surface area contributed by atoms with Crippen LogP contribution in [0.15, 0.2) is 6.07 Å². The van der Waals surface area contributed by atoms with E-state index in [2.05, 4.69) is 4.98 Å². The summed E-state index contributed by atoms with van der Waals surface area (Å²) in [6.07, 6.45) is 0.432. The Morgan fingerprint density at radius 1 is 1.77 bits per heavy atom. The molecule has 0 radical (unpaired) electrons. The SMILES string of the molecule is CCc1nc(Cl)cc(N)c1[N+](=O)[O-]. The number of nitrogens with zero attached hydrogens (tertiary/aromatic N) is 2. The van der Waals surface area contributed by atoms with Gasteiger partial charge in [-0.25, -0.2) is 4.98 Å². The molecule has 70 valence electrons. The fourth-order valence-electron chi connectivity index (χ4n) is 1.03. The van der Waals surface area contributed by atoms with Gasteiger partial charge in [-0.3, -0.25) is 10.1 Å². The Hall–Kier alpha value is -1.36. The summed E-state index contributed by atoms with van der Waals surface area (Å²) < 4.78 is 0. The van der Waals surface area contributed by atoms with Gasteiger partial charge >= 0.3 is 5.69 Å². The molecular weight excluding hydrogens is 194 g/mol. The zero-order valence-corrected chi connectivity index (χ0v) is 7.71. The van der Waals surface area contributed by atoms with Crippen LogP contribution in [0.3, 0.4) is 0 Å². The Labute approximate surface area is 79.7 Å². The average Bonchev–Trinajstić information content (AvgIpc) is 2.01. The molecule has 1 heterocycles. The van der Waals surface area contributed by atoms with Crippen molar-refractivity contribution < 1.29 is 4.92 Å². The van der Waals surface area contributed by atoms with Crippen molar-refractivity contribution in [3.8, 4) is 0 Å². The lowest BCUT2D eigenvalue weighted by molar-refractivity contribution is -0.384. The van der Waals surface area contributed by atoms with Crippen LogP contribution < -0.4 is 5.73 Å². The van der Waals surface area contributed by atoms with Gasteiger partial charge in [-0.15, -0.1) is 0 Å². The lowest BCUT2D eigenvalue weighted by Gasteiger charge is -2.02. The fraction of sp³-hybridized carbons (Fsp3) is 0.286. The Morgan fingerprint density at radius 2 is 2.38 bits per heavy atom. The first-order valence-electron chi connectivity index (χ1n) is 3.65. The summed E-state index contributed by atoms with van der Waals surface area (Å²) in [5, 5.41) is 10.7. The Morgan fingerprint density at radius 3 is 2.85 bits per heavy atom. The van der Waals surface area contributed by atoms with Gasteiger partial charge in [0.15, 0.2) is 0 Å². The first-order chi connectivity index (χ1) is 6.06. The van der Waals surface area contributed by atoms with E-state index < -0.39 is 4.92 Å². The molecule has 0 bridgehead atoms. The van der Waals surface area contributed by atoms with E-state index in [1.165, 1.54) is 6.07 Å². The number of nitrogens with two attached hydrogens (primary N) is 1. The highest BCUT2D eigenvalue weighted by Crippen LogP contribution is 2.27. The van der Waals surface area contributed by atoms with Crippen LogP contribution in [0.25, 0.3) is 0 Å². The molecule has 0 saturated heterocycles. The zero-order valence-electron chi connectivity index (χ0n) is 6.95. The minimum atomic E-state index is -0.544. The number of pyridine rings is 1. The summed E-state index contributed by atoms with van der Waals surface area (Å²) in [4.78, 5) is 13.8. The molecule has 0 aliphatic carbocycles. The molecule has 0 spiro atoms. The molecule has 0 fully saturated rings. The van der Waals surface area contributed by atoms with Crippen molar-refractivity contribution in [3.05, 3.63) is 27.0 Å². The van der Waals surface area contributed by atoms with Crippen LogP contribution in [0.1, 0.15) is 12.6 Å². The Balaban J connectivity index is 3.38. The summed E-state index contributed by atoms with van der Waals surface area (Å²) in [6, 6.07) is 1.28. The number of halogens is 1.